The number of nitrogens with one attached hydrogen (secondary N) is 1. The third-order valence-corrected chi connectivity index (χ3v) is 4.74. The number of nitriles is 1. The zero-order chi connectivity index (χ0) is 18.9. The summed E-state index contributed by atoms with van der Waals surface area (Å²) in [5.41, 5.74) is 3.29. The predicted octanol–water partition coefficient (Wildman–Crippen LogP) is 3.52. The van der Waals surface area contributed by atoms with Crippen LogP contribution in [0.4, 0.5) is 0 Å². The van der Waals surface area contributed by atoms with Gasteiger partial charge in [-0.2, -0.15) is 5.26 Å². The van der Waals surface area contributed by atoms with Crippen LogP contribution in [0.25, 0.3) is 10.9 Å². The fraction of sp³-hybridized carbons (Fsp3) is 0.333. The molecule has 5 nitrogen and oxygen atoms in total. The van der Waals surface area contributed by atoms with Crippen LogP contribution in [0.2, 0.25) is 0 Å². The van der Waals surface area contributed by atoms with Crippen molar-refractivity contribution in [3.05, 3.63) is 69.0 Å². The summed E-state index contributed by atoms with van der Waals surface area (Å²) in [7, 11) is 0. The summed E-state index contributed by atoms with van der Waals surface area (Å²) in [5.74, 6) is 0.704. The number of hydrogen-bond donors (Lipinski definition) is 1. The zero-order valence-corrected chi connectivity index (χ0v) is 15.6. The molecule has 2 heterocycles. The van der Waals surface area contributed by atoms with E-state index < -0.39 is 5.41 Å². The van der Waals surface area contributed by atoms with Crippen LogP contribution in [0.5, 0.6) is 0 Å². The van der Waals surface area contributed by atoms with E-state index in [9.17, 15) is 10.1 Å². The van der Waals surface area contributed by atoms with Gasteiger partial charge in [0, 0.05) is 28.9 Å². The van der Waals surface area contributed by atoms with Gasteiger partial charge >= 0.3 is 0 Å². The third-order valence-electron chi connectivity index (χ3n) is 4.74. The number of H-pyrrole nitrogens is 1. The quantitative estimate of drug-likeness (QED) is 0.783. The molecule has 0 saturated heterocycles. The van der Waals surface area contributed by atoms with Gasteiger partial charge in [-0.1, -0.05) is 19.1 Å². The fourth-order valence-electron chi connectivity index (χ4n) is 3.30. The Labute approximate surface area is 152 Å². The summed E-state index contributed by atoms with van der Waals surface area (Å²) < 4.78 is 0. The second kappa shape index (κ2) is 6.72. The van der Waals surface area contributed by atoms with Crippen LogP contribution >= 0.6 is 0 Å². The van der Waals surface area contributed by atoms with Crippen molar-refractivity contribution in [3.63, 3.8) is 0 Å². The molecule has 3 rings (SSSR count). The Balaban J connectivity index is 2.06. The second-order valence-corrected chi connectivity index (χ2v) is 6.95. The first-order chi connectivity index (χ1) is 12.3. The maximum atomic E-state index is 12.1. The molecule has 0 spiro atoms. The standard InChI is InChI=1S/C21H22N4O/c1-5-15-9-16-6-7-17(10-19(16)25-20(15)26)21(4,12-22)11-18-8-13(2)23-14(3)24-18/h6-10H,5,11H2,1-4H3,(H,25,26). The zero-order valence-electron chi connectivity index (χ0n) is 15.6. The molecule has 0 aliphatic carbocycles. The molecule has 5 heteroatoms. The van der Waals surface area contributed by atoms with Gasteiger partial charge in [0.15, 0.2) is 0 Å². The highest BCUT2D eigenvalue weighted by Gasteiger charge is 2.28. The Hall–Kier alpha value is -3.00. The number of aromatic nitrogens is 3. The van der Waals surface area contributed by atoms with Crippen LogP contribution in [0.3, 0.4) is 0 Å². The third kappa shape index (κ3) is 3.36. The SMILES string of the molecule is CCc1cc2ccc(C(C)(C#N)Cc3cc(C)nc(C)n3)cc2[nH]c1=O. The molecule has 1 aromatic carbocycles. The van der Waals surface area contributed by atoms with Gasteiger partial charge in [0.25, 0.3) is 5.56 Å². The number of pyridine rings is 1. The summed E-state index contributed by atoms with van der Waals surface area (Å²) in [5, 5.41) is 10.9. The first kappa shape index (κ1) is 17.8. The van der Waals surface area contributed by atoms with Crippen molar-refractivity contribution in [2.45, 2.75) is 46.0 Å². The van der Waals surface area contributed by atoms with E-state index in [1.54, 1.807) is 0 Å². The molecule has 0 radical (unpaired) electrons. The normalized spacial score (nSPS) is 13.3. The highest BCUT2D eigenvalue weighted by Crippen LogP contribution is 2.29. The number of aryl methyl sites for hydroxylation is 3. The molecular weight excluding hydrogens is 324 g/mol. The Morgan fingerprint density at radius 2 is 1.96 bits per heavy atom. The maximum Gasteiger partial charge on any atom is 0.251 e. The molecule has 1 atom stereocenters. The Kier molecular flexibility index (Phi) is 4.60. The second-order valence-electron chi connectivity index (χ2n) is 6.95. The number of hydrogen-bond acceptors (Lipinski definition) is 4. The van der Waals surface area contributed by atoms with Crippen molar-refractivity contribution < 1.29 is 0 Å². The van der Waals surface area contributed by atoms with E-state index in [-0.39, 0.29) is 5.56 Å². The van der Waals surface area contributed by atoms with Crippen LogP contribution in [-0.4, -0.2) is 15.0 Å². The first-order valence-electron chi connectivity index (χ1n) is 8.73. The summed E-state index contributed by atoms with van der Waals surface area (Å²) >= 11 is 0. The molecule has 0 bridgehead atoms. The van der Waals surface area contributed by atoms with Gasteiger partial charge in [0.05, 0.1) is 11.5 Å². The predicted molar refractivity (Wildman–Crippen MR) is 102 cm³/mol. The lowest BCUT2D eigenvalue weighted by atomic mass is 9.79. The number of benzene rings is 1. The Morgan fingerprint density at radius 3 is 2.62 bits per heavy atom. The summed E-state index contributed by atoms with van der Waals surface area (Å²) in [6.07, 6.45) is 1.17. The van der Waals surface area contributed by atoms with Gasteiger partial charge in [-0.15, -0.1) is 0 Å². The largest absolute Gasteiger partial charge is 0.322 e. The van der Waals surface area contributed by atoms with E-state index in [0.717, 1.165) is 33.4 Å². The molecule has 0 saturated carbocycles. The Morgan fingerprint density at radius 1 is 1.19 bits per heavy atom. The summed E-state index contributed by atoms with van der Waals surface area (Å²) in [6, 6.07) is 12.1. The first-order valence-corrected chi connectivity index (χ1v) is 8.73. The lowest BCUT2D eigenvalue weighted by Gasteiger charge is -2.22. The smallest absolute Gasteiger partial charge is 0.251 e. The van der Waals surface area contributed by atoms with Crippen LogP contribution in [-0.2, 0) is 18.3 Å². The lowest BCUT2D eigenvalue weighted by Crippen LogP contribution is -2.24. The van der Waals surface area contributed by atoms with E-state index in [1.807, 2.05) is 58.0 Å². The minimum atomic E-state index is -0.748. The minimum Gasteiger partial charge on any atom is -0.322 e. The lowest BCUT2D eigenvalue weighted by molar-refractivity contribution is 0.594. The monoisotopic (exact) mass is 346 g/mol. The molecule has 0 aliphatic heterocycles. The molecule has 26 heavy (non-hydrogen) atoms. The fourth-order valence-corrected chi connectivity index (χ4v) is 3.30. The van der Waals surface area contributed by atoms with E-state index in [0.29, 0.717) is 18.7 Å². The Bertz CT molecular complexity index is 1060. The van der Waals surface area contributed by atoms with Gasteiger partial charge in [0.1, 0.15) is 5.82 Å². The molecule has 3 aromatic rings. The van der Waals surface area contributed by atoms with Gasteiger partial charge in [0.2, 0.25) is 0 Å². The summed E-state index contributed by atoms with van der Waals surface area (Å²) in [6.45, 7) is 7.64. The van der Waals surface area contributed by atoms with E-state index in [2.05, 4.69) is 21.0 Å². The highest BCUT2D eigenvalue weighted by atomic mass is 16.1. The van der Waals surface area contributed by atoms with Crippen LogP contribution in [0.1, 0.15) is 42.2 Å². The van der Waals surface area contributed by atoms with Crippen molar-refractivity contribution in [3.8, 4) is 6.07 Å². The number of aromatic amines is 1. The van der Waals surface area contributed by atoms with Crippen molar-refractivity contribution >= 4 is 10.9 Å². The maximum absolute atomic E-state index is 12.1. The molecule has 0 aliphatic rings. The molecule has 132 valence electrons. The molecule has 1 N–H and O–H groups in total. The van der Waals surface area contributed by atoms with Crippen LogP contribution < -0.4 is 5.56 Å². The average molecular weight is 346 g/mol. The number of rotatable bonds is 4. The van der Waals surface area contributed by atoms with Gasteiger partial charge < -0.3 is 4.98 Å². The number of nitrogens with zero attached hydrogens (tertiary/aromatic N) is 3. The van der Waals surface area contributed by atoms with Crippen molar-refractivity contribution in [2.75, 3.05) is 0 Å². The molecule has 2 aromatic heterocycles. The van der Waals surface area contributed by atoms with Crippen molar-refractivity contribution in [1.82, 2.24) is 15.0 Å². The average Bonchev–Trinajstić information content (AvgIpc) is 2.59. The molecule has 0 amide bonds. The van der Waals surface area contributed by atoms with Crippen molar-refractivity contribution in [1.29, 1.82) is 5.26 Å². The number of fused-ring (bicyclic) bond motifs is 1. The van der Waals surface area contributed by atoms with Crippen molar-refractivity contribution in [2.24, 2.45) is 0 Å². The van der Waals surface area contributed by atoms with Gasteiger partial charge in [-0.3, -0.25) is 4.79 Å². The topological polar surface area (TPSA) is 82.4 Å². The van der Waals surface area contributed by atoms with Gasteiger partial charge in [-0.25, -0.2) is 9.97 Å². The van der Waals surface area contributed by atoms with Gasteiger partial charge in [-0.05, 0) is 56.3 Å². The molecule has 0 fully saturated rings. The van der Waals surface area contributed by atoms with Crippen LogP contribution in [0.15, 0.2) is 35.1 Å². The van der Waals surface area contributed by atoms with E-state index in [4.69, 9.17) is 0 Å². The molecule has 1 unspecified atom stereocenters. The van der Waals surface area contributed by atoms with E-state index >= 15 is 0 Å². The highest BCUT2D eigenvalue weighted by molar-refractivity contribution is 5.80. The molecular formula is C21H22N4O. The summed E-state index contributed by atoms with van der Waals surface area (Å²) in [4.78, 5) is 23.8. The van der Waals surface area contributed by atoms with Crippen LogP contribution in [0, 0.1) is 25.2 Å². The minimum absolute atomic E-state index is 0.0714. The van der Waals surface area contributed by atoms with E-state index in [1.165, 1.54) is 0 Å².